The van der Waals surface area contributed by atoms with Crippen LogP contribution in [0.2, 0.25) is 0 Å². The summed E-state index contributed by atoms with van der Waals surface area (Å²) in [6.07, 6.45) is -1.44. The van der Waals surface area contributed by atoms with Crippen molar-refractivity contribution in [3.63, 3.8) is 0 Å². The molecule has 0 aliphatic rings. The van der Waals surface area contributed by atoms with Crippen LogP contribution >= 0.6 is 0 Å². The van der Waals surface area contributed by atoms with Crippen molar-refractivity contribution in [3.05, 3.63) is 0 Å². The molecule has 0 saturated heterocycles. The Hall–Kier alpha value is -1.47. The molecule has 0 aromatic rings. The largest absolute Gasteiger partial charge is 0.382 e. The van der Waals surface area contributed by atoms with Crippen LogP contribution in [0.15, 0.2) is 0 Å². The lowest BCUT2D eigenvalue weighted by Crippen LogP contribution is -2.53. The van der Waals surface area contributed by atoms with Gasteiger partial charge in [0, 0.05) is 0 Å². The fourth-order valence-corrected chi connectivity index (χ4v) is 2.31. The highest BCUT2D eigenvalue weighted by molar-refractivity contribution is 5.92. The summed E-state index contributed by atoms with van der Waals surface area (Å²) in [5.41, 5.74) is 0.852. The van der Waals surface area contributed by atoms with E-state index in [-0.39, 0.29) is 18.1 Å². The normalized spacial score (nSPS) is 14.8. The number of nitrogens with one attached hydrogen (secondary N) is 2. The molecule has 0 bridgehead atoms. The SMILES string of the molecule is CC.CC(=O)C(NC(=O)C(CC(C)C)C(O)C(=O)NO)C(C)(C)C. The smallest absolute Gasteiger partial charge is 0.272 e. The van der Waals surface area contributed by atoms with E-state index in [4.69, 9.17) is 5.21 Å². The molecule has 0 spiro atoms. The van der Waals surface area contributed by atoms with Gasteiger partial charge in [-0.3, -0.25) is 19.6 Å². The number of rotatable bonds is 7. The highest BCUT2D eigenvalue weighted by atomic mass is 16.5. The van der Waals surface area contributed by atoms with Gasteiger partial charge >= 0.3 is 0 Å². The predicted molar refractivity (Wildman–Crippen MR) is 92.3 cm³/mol. The summed E-state index contributed by atoms with van der Waals surface area (Å²) in [6, 6.07) is -0.723. The second kappa shape index (κ2) is 11.1. The molecule has 3 unspecified atom stereocenters. The van der Waals surface area contributed by atoms with Gasteiger partial charge < -0.3 is 10.4 Å². The van der Waals surface area contributed by atoms with E-state index in [1.54, 1.807) is 0 Å². The second-order valence-electron chi connectivity index (χ2n) is 7.08. The lowest BCUT2D eigenvalue weighted by atomic mass is 9.83. The van der Waals surface area contributed by atoms with Crippen LogP contribution in [0.1, 0.15) is 61.8 Å². The fourth-order valence-electron chi connectivity index (χ4n) is 2.31. The third kappa shape index (κ3) is 8.40. The van der Waals surface area contributed by atoms with Gasteiger partial charge in [-0.1, -0.05) is 48.5 Å². The molecule has 0 radical (unpaired) electrons. The summed E-state index contributed by atoms with van der Waals surface area (Å²) in [6.45, 7) is 14.5. The minimum Gasteiger partial charge on any atom is -0.382 e. The number of ketones is 1. The lowest BCUT2D eigenvalue weighted by Gasteiger charge is -2.32. The van der Waals surface area contributed by atoms with Crippen molar-refractivity contribution in [1.82, 2.24) is 10.8 Å². The number of aliphatic hydroxyl groups is 1. The maximum absolute atomic E-state index is 12.4. The molecule has 0 saturated carbocycles. The average Bonchev–Trinajstić information content (AvgIpc) is 2.48. The summed E-state index contributed by atoms with van der Waals surface area (Å²) in [4.78, 5) is 35.5. The number of hydroxylamine groups is 1. The van der Waals surface area contributed by atoms with E-state index in [2.05, 4.69) is 5.32 Å². The number of carbonyl (C=O) groups is 3. The van der Waals surface area contributed by atoms with E-state index in [0.29, 0.717) is 0 Å². The molecule has 0 aromatic carbocycles. The zero-order chi connectivity index (χ0) is 19.7. The van der Waals surface area contributed by atoms with Gasteiger partial charge in [0.05, 0.1) is 12.0 Å². The Kier molecular flexibility index (Phi) is 11.5. The maximum atomic E-state index is 12.4. The van der Waals surface area contributed by atoms with Gasteiger partial charge in [0.25, 0.3) is 5.91 Å². The third-order valence-corrected chi connectivity index (χ3v) is 3.38. The molecule has 0 fully saturated rings. The standard InChI is InChI=1S/C15H28N2O5.C2H6/c1-8(2)7-10(11(19)14(21)17-22)13(20)16-12(9(3)18)15(4,5)6;1-2/h8,10-12,19,22H,7H2,1-6H3,(H,16,20)(H,17,21);1-2H3. The minimum atomic E-state index is -1.68. The first-order valence-corrected chi connectivity index (χ1v) is 8.34. The molecule has 0 rings (SSSR count). The number of carbonyl (C=O) groups excluding carboxylic acids is 3. The monoisotopic (exact) mass is 346 g/mol. The molecule has 7 nitrogen and oxygen atoms in total. The van der Waals surface area contributed by atoms with E-state index >= 15 is 0 Å². The molecule has 2 amide bonds. The van der Waals surface area contributed by atoms with Gasteiger partial charge in [-0.05, 0) is 24.7 Å². The Bertz CT molecular complexity index is 416. The molecule has 0 aromatic heterocycles. The first-order chi connectivity index (χ1) is 10.9. The summed E-state index contributed by atoms with van der Waals surface area (Å²) in [5.74, 6) is -2.83. The number of hydrogen-bond acceptors (Lipinski definition) is 5. The van der Waals surface area contributed by atoms with Crippen molar-refractivity contribution in [2.24, 2.45) is 17.3 Å². The molecule has 0 heterocycles. The van der Waals surface area contributed by atoms with E-state index in [1.807, 2.05) is 48.5 Å². The number of aliphatic hydroxyl groups excluding tert-OH is 1. The summed E-state index contributed by atoms with van der Waals surface area (Å²) >= 11 is 0. The average molecular weight is 346 g/mol. The zero-order valence-corrected chi connectivity index (χ0v) is 16.1. The maximum Gasteiger partial charge on any atom is 0.272 e. The van der Waals surface area contributed by atoms with Crippen LogP contribution in [0.4, 0.5) is 0 Å². The van der Waals surface area contributed by atoms with Crippen molar-refractivity contribution < 1.29 is 24.7 Å². The molecule has 142 valence electrons. The van der Waals surface area contributed by atoms with Gasteiger partial charge in [-0.15, -0.1) is 0 Å². The van der Waals surface area contributed by atoms with Crippen LogP contribution in [0.25, 0.3) is 0 Å². The van der Waals surface area contributed by atoms with Crippen molar-refractivity contribution in [2.75, 3.05) is 0 Å². The molecule has 0 aliphatic heterocycles. The van der Waals surface area contributed by atoms with Crippen molar-refractivity contribution in [3.8, 4) is 0 Å². The molecule has 4 N–H and O–H groups in total. The van der Waals surface area contributed by atoms with Gasteiger partial charge in [-0.2, -0.15) is 0 Å². The Labute approximate surface area is 145 Å². The van der Waals surface area contributed by atoms with Crippen LogP contribution in [0.5, 0.6) is 0 Å². The van der Waals surface area contributed by atoms with Crippen LogP contribution in [0.3, 0.4) is 0 Å². The van der Waals surface area contributed by atoms with Gasteiger partial charge in [0.2, 0.25) is 5.91 Å². The summed E-state index contributed by atoms with van der Waals surface area (Å²) in [7, 11) is 0. The van der Waals surface area contributed by atoms with E-state index in [1.165, 1.54) is 12.4 Å². The van der Waals surface area contributed by atoms with Gasteiger partial charge in [0.15, 0.2) is 5.78 Å². The van der Waals surface area contributed by atoms with Crippen LogP contribution in [0, 0.1) is 17.3 Å². The van der Waals surface area contributed by atoms with Crippen LogP contribution in [-0.4, -0.2) is 40.1 Å². The molecular weight excluding hydrogens is 312 g/mol. The number of hydrogen-bond donors (Lipinski definition) is 4. The first-order valence-electron chi connectivity index (χ1n) is 8.34. The Morgan fingerprint density at radius 1 is 1.04 bits per heavy atom. The molecule has 7 heteroatoms. The Morgan fingerprint density at radius 2 is 1.50 bits per heavy atom. The second-order valence-corrected chi connectivity index (χ2v) is 7.08. The lowest BCUT2D eigenvalue weighted by molar-refractivity contribution is -0.147. The molecular formula is C17H34N2O5. The van der Waals surface area contributed by atoms with Crippen molar-refractivity contribution >= 4 is 17.6 Å². The molecule has 24 heavy (non-hydrogen) atoms. The van der Waals surface area contributed by atoms with Crippen LogP contribution in [-0.2, 0) is 14.4 Å². The van der Waals surface area contributed by atoms with Gasteiger partial charge in [0.1, 0.15) is 6.10 Å². The number of amides is 2. The topological polar surface area (TPSA) is 116 Å². The Morgan fingerprint density at radius 3 is 1.79 bits per heavy atom. The highest BCUT2D eigenvalue weighted by Gasteiger charge is 2.37. The van der Waals surface area contributed by atoms with E-state index in [0.717, 1.165) is 0 Å². The zero-order valence-electron chi connectivity index (χ0n) is 16.1. The number of Topliss-reactive ketones (excluding diaryl/α,β-unsaturated/α-hetero) is 1. The Balaban J connectivity index is 0. The predicted octanol–water partition coefficient (Wildman–Crippen LogP) is 1.66. The van der Waals surface area contributed by atoms with E-state index < -0.39 is 35.3 Å². The van der Waals surface area contributed by atoms with Crippen LogP contribution < -0.4 is 10.8 Å². The van der Waals surface area contributed by atoms with E-state index in [9.17, 15) is 19.5 Å². The van der Waals surface area contributed by atoms with Crippen molar-refractivity contribution in [2.45, 2.75) is 74.0 Å². The van der Waals surface area contributed by atoms with Gasteiger partial charge in [-0.25, -0.2) is 5.48 Å². The summed E-state index contributed by atoms with van der Waals surface area (Å²) in [5, 5.41) is 21.2. The quantitative estimate of drug-likeness (QED) is 0.413. The molecule has 0 aliphatic carbocycles. The first kappa shape index (κ1) is 24.8. The fraction of sp³-hybridized carbons (Fsp3) is 0.824. The molecule has 3 atom stereocenters. The minimum absolute atomic E-state index is 0.0438. The summed E-state index contributed by atoms with van der Waals surface area (Å²) < 4.78 is 0. The third-order valence-electron chi connectivity index (χ3n) is 3.38. The van der Waals surface area contributed by atoms with Crippen molar-refractivity contribution in [1.29, 1.82) is 0 Å². The highest BCUT2D eigenvalue weighted by Crippen LogP contribution is 2.22.